The van der Waals surface area contributed by atoms with Crippen molar-refractivity contribution >= 4 is 23.0 Å². The lowest BCUT2D eigenvalue weighted by Crippen LogP contribution is -2.18. The second-order valence-electron chi connectivity index (χ2n) is 6.27. The number of amides is 1. The molecular weight excluding hydrogens is 336 g/mol. The number of carbonyl (C=O) groups excluding carboxylic acids is 1. The third-order valence-corrected chi connectivity index (χ3v) is 4.33. The van der Waals surface area contributed by atoms with E-state index in [0.29, 0.717) is 5.69 Å². The Morgan fingerprint density at radius 3 is 2.63 bits per heavy atom. The summed E-state index contributed by atoms with van der Waals surface area (Å²) in [5.74, 6) is -0.284. The highest BCUT2D eigenvalue weighted by molar-refractivity contribution is 6.10. The van der Waals surface area contributed by atoms with E-state index in [9.17, 15) is 4.79 Å². The molecule has 5 nitrogen and oxygen atoms in total. The van der Waals surface area contributed by atoms with Crippen LogP contribution in [0.4, 0.5) is 0 Å². The van der Waals surface area contributed by atoms with E-state index >= 15 is 0 Å². The number of hydrogen-bond acceptors (Lipinski definition) is 3. The van der Waals surface area contributed by atoms with Crippen LogP contribution in [0.15, 0.2) is 78.2 Å². The van der Waals surface area contributed by atoms with Crippen molar-refractivity contribution in [3.8, 4) is 11.1 Å². The zero-order chi connectivity index (χ0) is 18.6. The number of pyridine rings is 1. The molecule has 0 radical (unpaired) electrons. The third kappa shape index (κ3) is 3.48. The fraction of sp³-hybridized carbons (Fsp3) is 0.0455. The molecule has 0 unspecified atom stereocenters. The van der Waals surface area contributed by atoms with Gasteiger partial charge in [-0.15, -0.1) is 0 Å². The van der Waals surface area contributed by atoms with E-state index in [0.717, 1.165) is 33.2 Å². The molecule has 0 fully saturated rings. The van der Waals surface area contributed by atoms with Crippen LogP contribution in [0.5, 0.6) is 0 Å². The summed E-state index contributed by atoms with van der Waals surface area (Å²) in [4.78, 5) is 20.0. The predicted molar refractivity (Wildman–Crippen MR) is 108 cm³/mol. The van der Waals surface area contributed by atoms with Crippen molar-refractivity contribution in [1.29, 1.82) is 0 Å². The Morgan fingerprint density at radius 2 is 1.85 bits per heavy atom. The first-order valence-corrected chi connectivity index (χ1v) is 8.63. The first-order chi connectivity index (χ1) is 13.2. The van der Waals surface area contributed by atoms with Crippen LogP contribution < -0.4 is 5.43 Å². The molecule has 0 aliphatic heterocycles. The molecule has 0 atom stereocenters. The molecule has 1 amide bonds. The van der Waals surface area contributed by atoms with Gasteiger partial charge in [0, 0.05) is 28.9 Å². The standard InChI is InChI=1S/C22H18N4O/c1-15-7-8-19-18(13-15)20(17-5-3-2-4-6-17)21(25-19)22(27)26-24-14-16-9-11-23-12-10-16/h2-14,25H,1H3,(H,26,27). The summed E-state index contributed by atoms with van der Waals surface area (Å²) in [7, 11) is 0. The van der Waals surface area contributed by atoms with Gasteiger partial charge >= 0.3 is 0 Å². The lowest BCUT2D eigenvalue weighted by molar-refractivity contribution is 0.0951. The lowest BCUT2D eigenvalue weighted by atomic mass is 10.0. The van der Waals surface area contributed by atoms with Gasteiger partial charge in [0.2, 0.25) is 0 Å². The van der Waals surface area contributed by atoms with Gasteiger partial charge in [-0.25, -0.2) is 5.43 Å². The van der Waals surface area contributed by atoms with Crippen molar-refractivity contribution in [3.05, 3.63) is 89.9 Å². The molecule has 0 bridgehead atoms. The summed E-state index contributed by atoms with van der Waals surface area (Å²) < 4.78 is 0. The Bertz CT molecular complexity index is 1120. The lowest BCUT2D eigenvalue weighted by Gasteiger charge is -2.04. The molecule has 0 spiro atoms. The first-order valence-electron chi connectivity index (χ1n) is 8.63. The number of H-pyrrole nitrogens is 1. The van der Waals surface area contributed by atoms with Crippen LogP contribution in [0.3, 0.4) is 0 Å². The Balaban J connectivity index is 1.72. The predicted octanol–water partition coefficient (Wildman–Crippen LogP) is 4.30. The summed E-state index contributed by atoms with van der Waals surface area (Å²) in [5.41, 5.74) is 7.89. The van der Waals surface area contributed by atoms with E-state index < -0.39 is 0 Å². The Kier molecular flexibility index (Phi) is 4.49. The van der Waals surface area contributed by atoms with Gasteiger partial charge in [-0.05, 0) is 42.3 Å². The van der Waals surface area contributed by atoms with Gasteiger partial charge in [0.05, 0.1) is 6.21 Å². The molecule has 2 aromatic carbocycles. The molecule has 27 heavy (non-hydrogen) atoms. The van der Waals surface area contributed by atoms with Crippen LogP contribution in [0, 0.1) is 6.92 Å². The number of aryl methyl sites for hydroxylation is 1. The van der Waals surface area contributed by atoms with Crippen molar-refractivity contribution in [3.63, 3.8) is 0 Å². The second-order valence-corrected chi connectivity index (χ2v) is 6.27. The number of carbonyl (C=O) groups is 1. The topological polar surface area (TPSA) is 70.1 Å². The molecule has 5 heteroatoms. The molecule has 0 saturated carbocycles. The average Bonchev–Trinajstić information content (AvgIpc) is 3.08. The maximum atomic E-state index is 12.8. The summed E-state index contributed by atoms with van der Waals surface area (Å²) in [5, 5.41) is 5.09. The molecule has 2 aromatic heterocycles. The molecular formula is C22H18N4O. The van der Waals surface area contributed by atoms with Crippen LogP contribution in [-0.4, -0.2) is 22.1 Å². The monoisotopic (exact) mass is 354 g/mol. The van der Waals surface area contributed by atoms with Crippen molar-refractivity contribution in [2.45, 2.75) is 6.92 Å². The van der Waals surface area contributed by atoms with Crippen molar-refractivity contribution < 1.29 is 4.79 Å². The number of hydrogen-bond donors (Lipinski definition) is 2. The van der Waals surface area contributed by atoms with Crippen LogP contribution in [-0.2, 0) is 0 Å². The van der Waals surface area contributed by atoms with Crippen molar-refractivity contribution in [2.24, 2.45) is 5.10 Å². The highest BCUT2D eigenvalue weighted by atomic mass is 16.2. The Hall–Kier alpha value is -3.73. The first kappa shape index (κ1) is 16.7. The number of aromatic nitrogens is 2. The van der Waals surface area contributed by atoms with Crippen LogP contribution in [0.2, 0.25) is 0 Å². The van der Waals surface area contributed by atoms with Gasteiger partial charge in [0.25, 0.3) is 5.91 Å². The van der Waals surface area contributed by atoms with E-state index in [1.54, 1.807) is 18.6 Å². The SMILES string of the molecule is Cc1ccc2[nH]c(C(=O)NN=Cc3ccncc3)c(-c3ccccc3)c2c1. The Morgan fingerprint density at radius 1 is 1.07 bits per heavy atom. The zero-order valence-electron chi connectivity index (χ0n) is 14.8. The summed E-state index contributed by atoms with van der Waals surface area (Å²) in [6.45, 7) is 2.04. The normalized spacial score (nSPS) is 11.1. The van der Waals surface area contributed by atoms with E-state index in [1.165, 1.54) is 0 Å². The van der Waals surface area contributed by atoms with Crippen molar-refractivity contribution in [1.82, 2.24) is 15.4 Å². The molecule has 4 aromatic rings. The zero-order valence-corrected chi connectivity index (χ0v) is 14.8. The number of aromatic amines is 1. The fourth-order valence-corrected chi connectivity index (χ4v) is 3.05. The second kappa shape index (κ2) is 7.25. The largest absolute Gasteiger partial charge is 0.350 e. The van der Waals surface area contributed by atoms with Crippen molar-refractivity contribution in [2.75, 3.05) is 0 Å². The highest BCUT2D eigenvalue weighted by Crippen LogP contribution is 2.33. The molecule has 4 rings (SSSR count). The highest BCUT2D eigenvalue weighted by Gasteiger charge is 2.19. The summed E-state index contributed by atoms with van der Waals surface area (Å²) in [6.07, 6.45) is 4.95. The van der Waals surface area contributed by atoms with E-state index in [1.807, 2.05) is 61.5 Å². The minimum atomic E-state index is -0.284. The van der Waals surface area contributed by atoms with Gasteiger partial charge < -0.3 is 4.98 Å². The average molecular weight is 354 g/mol. The molecule has 0 aliphatic carbocycles. The summed E-state index contributed by atoms with van der Waals surface area (Å²) in [6, 6.07) is 19.6. The van der Waals surface area contributed by atoms with E-state index in [4.69, 9.17) is 0 Å². The summed E-state index contributed by atoms with van der Waals surface area (Å²) >= 11 is 0. The number of fused-ring (bicyclic) bond motifs is 1. The number of hydrazone groups is 1. The number of nitrogens with one attached hydrogen (secondary N) is 2. The van der Waals surface area contributed by atoms with Gasteiger partial charge in [-0.3, -0.25) is 9.78 Å². The molecule has 132 valence electrons. The number of benzene rings is 2. The van der Waals surface area contributed by atoms with Crippen LogP contribution >= 0.6 is 0 Å². The van der Waals surface area contributed by atoms with Gasteiger partial charge in [0.15, 0.2) is 0 Å². The maximum absolute atomic E-state index is 12.8. The van der Waals surface area contributed by atoms with Crippen LogP contribution in [0.1, 0.15) is 21.6 Å². The van der Waals surface area contributed by atoms with Gasteiger partial charge in [0.1, 0.15) is 5.69 Å². The molecule has 0 saturated heterocycles. The smallest absolute Gasteiger partial charge is 0.288 e. The number of nitrogens with zero attached hydrogens (tertiary/aromatic N) is 2. The fourth-order valence-electron chi connectivity index (χ4n) is 3.05. The Labute approximate surface area is 156 Å². The molecule has 0 aliphatic rings. The maximum Gasteiger partial charge on any atom is 0.288 e. The van der Waals surface area contributed by atoms with E-state index in [2.05, 4.69) is 26.6 Å². The minimum Gasteiger partial charge on any atom is -0.350 e. The molecule has 2 heterocycles. The number of rotatable bonds is 4. The quantitative estimate of drug-likeness (QED) is 0.424. The minimum absolute atomic E-state index is 0.284. The van der Waals surface area contributed by atoms with E-state index in [-0.39, 0.29) is 5.91 Å². The van der Waals surface area contributed by atoms with Gasteiger partial charge in [-0.2, -0.15) is 5.10 Å². The van der Waals surface area contributed by atoms with Crippen LogP contribution in [0.25, 0.3) is 22.0 Å². The third-order valence-electron chi connectivity index (χ3n) is 4.33. The van der Waals surface area contributed by atoms with Gasteiger partial charge in [-0.1, -0.05) is 42.0 Å². The molecule has 2 N–H and O–H groups in total.